The fourth-order valence-corrected chi connectivity index (χ4v) is 2.76. The number of hydrogen-bond acceptors (Lipinski definition) is 4. The van der Waals surface area contributed by atoms with E-state index in [4.69, 9.17) is 9.47 Å². The minimum atomic E-state index is -0.328. The molecule has 25 heavy (non-hydrogen) atoms. The highest BCUT2D eigenvalue weighted by atomic mass is 19.1. The Balaban J connectivity index is 1.88. The molecule has 6 heteroatoms. The molecular weight excluding hydrogens is 323 g/mol. The molecule has 3 rings (SSSR count). The molecule has 0 saturated carbocycles. The van der Waals surface area contributed by atoms with Crippen molar-refractivity contribution < 1.29 is 18.7 Å². The standard InChI is InChI=1S/C19H19FN2O3/c1-24-17-8-6-14(11-18(17)25-2)16-7-9-19(23)22(21-16)12-13-4-3-5-15(20)10-13/h3-6,8,10-11H,7,9,12H2,1-2H3. The second kappa shape index (κ2) is 7.34. The lowest BCUT2D eigenvalue weighted by atomic mass is 10.0. The summed E-state index contributed by atoms with van der Waals surface area (Å²) in [6.07, 6.45) is 0.913. The Morgan fingerprint density at radius 2 is 1.88 bits per heavy atom. The van der Waals surface area contributed by atoms with Crippen LogP contribution in [0.5, 0.6) is 11.5 Å². The first-order chi connectivity index (χ1) is 12.1. The molecular formula is C19H19FN2O3. The number of halogens is 1. The number of methoxy groups -OCH3 is 2. The molecule has 1 aliphatic rings. The van der Waals surface area contributed by atoms with Gasteiger partial charge in [0, 0.05) is 18.4 Å². The predicted octanol–water partition coefficient (Wildman–Crippen LogP) is 3.37. The van der Waals surface area contributed by atoms with Gasteiger partial charge in [-0.3, -0.25) is 4.79 Å². The lowest BCUT2D eigenvalue weighted by molar-refractivity contribution is -0.132. The van der Waals surface area contributed by atoms with Crippen LogP contribution >= 0.6 is 0 Å². The number of amides is 1. The number of hydrogen-bond donors (Lipinski definition) is 0. The van der Waals surface area contributed by atoms with E-state index in [-0.39, 0.29) is 18.3 Å². The summed E-state index contributed by atoms with van der Waals surface area (Å²) in [6.45, 7) is 0.243. The third-order valence-corrected chi connectivity index (χ3v) is 4.04. The van der Waals surface area contributed by atoms with Gasteiger partial charge in [0.25, 0.3) is 0 Å². The maximum atomic E-state index is 13.3. The van der Waals surface area contributed by atoms with Gasteiger partial charge in [0.1, 0.15) is 5.82 Å². The maximum Gasteiger partial charge on any atom is 0.243 e. The van der Waals surface area contributed by atoms with E-state index in [1.807, 2.05) is 18.2 Å². The summed E-state index contributed by atoms with van der Waals surface area (Å²) < 4.78 is 23.9. The molecule has 1 heterocycles. The molecule has 1 aliphatic heterocycles. The van der Waals surface area contributed by atoms with Crippen molar-refractivity contribution >= 4 is 11.6 Å². The van der Waals surface area contributed by atoms with Crippen molar-refractivity contribution in [3.63, 3.8) is 0 Å². The first-order valence-corrected chi connectivity index (χ1v) is 7.95. The third kappa shape index (κ3) is 3.79. The molecule has 0 radical (unpaired) electrons. The maximum absolute atomic E-state index is 13.3. The molecule has 5 nitrogen and oxygen atoms in total. The molecule has 0 atom stereocenters. The summed E-state index contributed by atoms with van der Waals surface area (Å²) in [5.41, 5.74) is 2.36. The molecule has 0 spiro atoms. The summed E-state index contributed by atoms with van der Waals surface area (Å²) in [6, 6.07) is 11.7. The molecule has 0 bridgehead atoms. The van der Waals surface area contributed by atoms with Gasteiger partial charge in [0.05, 0.1) is 26.5 Å². The van der Waals surface area contributed by atoms with Gasteiger partial charge in [-0.2, -0.15) is 5.10 Å². The highest BCUT2D eigenvalue weighted by Gasteiger charge is 2.22. The summed E-state index contributed by atoms with van der Waals surface area (Å²) in [4.78, 5) is 12.2. The second-order valence-corrected chi connectivity index (χ2v) is 5.70. The SMILES string of the molecule is COc1ccc(C2=NN(Cc3cccc(F)c3)C(=O)CC2)cc1OC. The molecule has 0 aromatic heterocycles. The van der Waals surface area contributed by atoms with E-state index in [0.29, 0.717) is 29.9 Å². The molecule has 2 aromatic rings. The lowest BCUT2D eigenvalue weighted by Gasteiger charge is -2.24. The number of carbonyl (C=O) groups excluding carboxylic acids is 1. The Hall–Kier alpha value is -2.89. The van der Waals surface area contributed by atoms with Crippen molar-refractivity contribution in [1.82, 2.24) is 5.01 Å². The minimum Gasteiger partial charge on any atom is -0.493 e. The van der Waals surface area contributed by atoms with E-state index in [9.17, 15) is 9.18 Å². The van der Waals surface area contributed by atoms with Crippen molar-refractivity contribution in [3.05, 3.63) is 59.4 Å². The highest BCUT2D eigenvalue weighted by Crippen LogP contribution is 2.29. The van der Waals surface area contributed by atoms with Gasteiger partial charge >= 0.3 is 0 Å². The number of nitrogens with zero attached hydrogens (tertiary/aromatic N) is 2. The van der Waals surface area contributed by atoms with Crippen LogP contribution in [0.3, 0.4) is 0 Å². The summed E-state index contributed by atoms with van der Waals surface area (Å²) in [7, 11) is 3.15. The topological polar surface area (TPSA) is 51.1 Å². The van der Waals surface area contributed by atoms with Crippen molar-refractivity contribution in [1.29, 1.82) is 0 Å². The molecule has 1 amide bonds. The molecule has 2 aromatic carbocycles. The highest BCUT2D eigenvalue weighted by molar-refractivity contribution is 6.04. The van der Waals surface area contributed by atoms with Crippen LogP contribution in [0.2, 0.25) is 0 Å². The average molecular weight is 342 g/mol. The second-order valence-electron chi connectivity index (χ2n) is 5.70. The van der Waals surface area contributed by atoms with Crippen LogP contribution in [-0.4, -0.2) is 30.8 Å². The van der Waals surface area contributed by atoms with Crippen LogP contribution in [-0.2, 0) is 11.3 Å². The van der Waals surface area contributed by atoms with E-state index in [1.54, 1.807) is 26.4 Å². The van der Waals surface area contributed by atoms with E-state index < -0.39 is 0 Å². The van der Waals surface area contributed by atoms with Crippen LogP contribution in [0.15, 0.2) is 47.6 Å². The zero-order chi connectivity index (χ0) is 17.8. The molecule has 130 valence electrons. The molecule has 0 saturated heterocycles. The van der Waals surface area contributed by atoms with Crippen molar-refractivity contribution in [2.45, 2.75) is 19.4 Å². The van der Waals surface area contributed by atoms with E-state index in [1.165, 1.54) is 17.1 Å². The monoisotopic (exact) mass is 342 g/mol. The molecule has 0 aliphatic carbocycles. The minimum absolute atomic E-state index is 0.0755. The van der Waals surface area contributed by atoms with Crippen molar-refractivity contribution in [3.8, 4) is 11.5 Å². The molecule has 0 unspecified atom stereocenters. The number of ether oxygens (including phenoxy) is 2. The van der Waals surface area contributed by atoms with Crippen molar-refractivity contribution in [2.75, 3.05) is 14.2 Å². The summed E-state index contributed by atoms with van der Waals surface area (Å²) >= 11 is 0. The number of benzene rings is 2. The van der Waals surface area contributed by atoms with Crippen LogP contribution in [0.4, 0.5) is 4.39 Å². The van der Waals surface area contributed by atoms with E-state index >= 15 is 0 Å². The average Bonchev–Trinajstić information content (AvgIpc) is 2.63. The number of carbonyl (C=O) groups is 1. The number of rotatable bonds is 5. The summed E-state index contributed by atoms with van der Waals surface area (Å²) in [5.74, 6) is 0.839. The summed E-state index contributed by atoms with van der Waals surface area (Å²) in [5, 5.41) is 5.86. The van der Waals surface area contributed by atoms with Crippen LogP contribution in [0, 0.1) is 5.82 Å². The zero-order valence-corrected chi connectivity index (χ0v) is 14.2. The molecule has 0 N–H and O–H groups in total. The number of hydrazone groups is 1. The van der Waals surface area contributed by atoms with E-state index in [0.717, 1.165) is 11.3 Å². The van der Waals surface area contributed by atoms with Gasteiger partial charge in [-0.25, -0.2) is 9.40 Å². The van der Waals surface area contributed by atoms with Crippen LogP contribution in [0.1, 0.15) is 24.0 Å². The first kappa shape index (κ1) is 17.0. The molecule has 0 fully saturated rings. The third-order valence-electron chi connectivity index (χ3n) is 4.04. The van der Waals surface area contributed by atoms with Gasteiger partial charge in [-0.1, -0.05) is 12.1 Å². The smallest absolute Gasteiger partial charge is 0.243 e. The Morgan fingerprint density at radius 3 is 2.60 bits per heavy atom. The van der Waals surface area contributed by atoms with Gasteiger partial charge in [-0.05, 0) is 35.9 Å². The Morgan fingerprint density at radius 1 is 1.08 bits per heavy atom. The zero-order valence-electron chi connectivity index (χ0n) is 14.2. The Bertz CT molecular complexity index is 820. The first-order valence-electron chi connectivity index (χ1n) is 7.95. The quantitative estimate of drug-likeness (QED) is 0.837. The lowest BCUT2D eigenvalue weighted by Crippen LogP contribution is -2.31. The van der Waals surface area contributed by atoms with Crippen molar-refractivity contribution in [2.24, 2.45) is 5.10 Å². The van der Waals surface area contributed by atoms with Gasteiger partial charge in [0.15, 0.2) is 11.5 Å². The van der Waals surface area contributed by atoms with Crippen LogP contribution < -0.4 is 9.47 Å². The Labute approximate surface area is 145 Å². The van der Waals surface area contributed by atoms with Crippen LogP contribution in [0.25, 0.3) is 0 Å². The largest absolute Gasteiger partial charge is 0.493 e. The van der Waals surface area contributed by atoms with Gasteiger partial charge in [0.2, 0.25) is 5.91 Å². The van der Waals surface area contributed by atoms with Gasteiger partial charge in [-0.15, -0.1) is 0 Å². The predicted molar refractivity (Wildman–Crippen MR) is 92.3 cm³/mol. The van der Waals surface area contributed by atoms with Gasteiger partial charge < -0.3 is 9.47 Å². The fourth-order valence-electron chi connectivity index (χ4n) is 2.76. The van der Waals surface area contributed by atoms with E-state index in [2.05, 4.69) is 5.10 Å². The Kier molecular flexibility index (Phi) is 4.97. The normalized spacial score (nSPS) is 14.3. The fraction of sp³-hybridized carbons (Fsp3) is 0.263.